The van der Waals surface area contributed by atoms with Crippen LogP contribution in [0.25, 0.3) is 0 Å². The van der Waals surface area contributed by atoms with Gasteiger partial charge in [0.2, 0.25) is 0 Å². The second-order valence-corrected chi connectivity index (χ2v) is 3.48. The van der Waals surface area contributed by atoms with Gasteiger partial charge in [-0.1, -0.05) is 0 Å². The van der Waals surface area contributed by atoms with Gasteiger partial charge in [-0.3, -0.25) is 0 Å². The van der Waals surface area contributed by atoms with Gasteiger partial charge in [-0.15, -0.1) is 0 Å². The molecule has 1 N–H and O–H groups in total. The highest BCUT2D eigenvalue weighted by atomic mass is 16.5. The van der Waals surface area contributed by atoms with Crippen molar-refractivity contribution in [1.82, 2.24) is 0 Å². The summed E-state index contributed by atoms with van der Waals surface area (Å²) in [6.45, 7) is 8.20. The van der Waals surface area contributed by atoms with Crippen molar-refractivity contribution in [3.8, 4) is 0 Å². The molecular weight excluding hydrogens is 128 g/mol. The van der Waals surface area contributed by atoms with E-state index < -0.39 is 5.60 Å². The van der Waals surface area contributed by atoms with E-state index in [1.54, 1.807) is 13.8 Å². The van der Waals surface area contributed by atoms with Gasteiger partial charge in [0.25, 0.3) is 0 Å². The summed E-state index contributed by atoms with van der Waals surface area (Å²) >= 11 is 0. The van der Waals surface area contributed by atoms with Crippen LogP contribution in [0.3, 0.4) is 0 Å². The van der Waals surface area contributed by atoms with Crippen LogP contribution in [0.5, 0.6) is 0 Å². The zero-order chi connectivity index (χ0) is 8.20. The summed E-state index contributed by atoms with van der Waals surface area (Å²) in [5.41, 5.74) is -0.588. The molecule has 0 atom stereocenters. The van der Waals surface area contributed by atoms with Crippen LogP contribution in [0.15, 0.2) is 0 Å². The van der Waals surface area contributed by atoms with Crippen LogP contribution < -0.4 is 0 Å². The van der Waals surface area contributed by atoms with Crippen LogP contribution in [-0.4, -0.2) is 23.4 Å². The molecule has 0 aliphatic carbocycles. The van der Waals surface area contributed by atoms with Crippen molar-refractivity contribution in [2.45, 2.75) is 45.8 Å². The molecule has 0 rings (SSSR count). The predicted octanol–water partition coefficient (Wildman–Crippen LogP) is 1.57. The summed E-state index contributed by atoms with van der Waals surface area (Å²) in [5.74, 6) is 0. The molecule has 0 aliphatic rings. The third kappa shape index (κ3) is 7.92. The number of hydrogen-bond acceptors (Lipinski definition) is 2. The van der Waals surface area contributed by atoms with Gasteiger partial charge in [0.05, 0.1) is 11.7 Å². The molecule has 0 heterocycles. The fourth-order valence-electron chi connectivity index (χ4n) is 0.544. The Labute approximate surface area is 63.2 Å². The lowest BCUT2D eigenvalue weighted by molar-refractivity contribution is 0.00974. The first-order valence-corrected chi connectivity index (χ1v) is 3.76. The minimum absolute atomic E-state index is 0.266. The molecule has 0 aromatic rings. The average molecular weight is 146 g/mol. The van der Waals surface area contributed by atoms with Gasteiger partial charge in [-0.05, 0) is 34.1 Å². The monoisotopic (exact) mass is 146 g/mol. The van der Waals surface area contributed by atoms with E-state index in [0.717, 1.165) is 0 Å². The molecule has 10 heavy (non-hydrogen) atoms. The fraction of sp³-hybridized carbons (Fsp3) is 1.00. The highest BCUT2D eigenvalue weighted by Crippen LogP contribution is 2.07. The van der Waals surface area contributed by atoms with Crippen molar-refractivity contribution in [2.24, 2.45) is 0 Å². The van der Waals surface area contributed by atoms with Gasteiger partial charge in [-0.25, -0.2) is 0 Å². The summed E-state index contributed by atoms with van der Waals surface area (Å²) < 4.78 is 5.26. The molecule has 0 bridgehead atoms. The van der Waals surface area contributed by atoms with Gasteiger partial charge in [-0.2, -0.15) is 0 Å². The first kappa shape index (κ1) is 9.92. The van der Waals surface area contributed by atoms with Crippen molar-refractivity contribution < 1.29 is 9.84 Å². The Morgan fingerprint density at radius 3 is 2.20 bits per heavy atom. The Kier molecular flexibility index (Phi) is 3.91. The van der Waals surface area contributed by atoms with Crippen molar-refractivity contribution in [2.75, 3.05) is 6.61 Å². The number of ether oxygens (including phenoxy) is 1. The lowest BCUT2D eigenvalue weighted by atomic mass is 10.1. The highest BCUT2D eigenvalue weighted by molar-refractivity contribution is 4.63. The first-order chi connectivity index (χ1) is 4.42. The van der Waals surface area contributed by atoms with Gasteiger partial charge in [0, 0.05) is 6.61 Å². The van der Waals surface area contributed by atoms with Crippen molar-refractivity contribution in [3.05, 3.63) is 0 Å². The smallest absolute Gasteiger partial charge is 0.0613 e. The van der Waals surface area contributed by atoms with E-state index in [1.165, 1.54) is 0 Å². The maximum absolute atomic E-state index is 9.25. The first-order valence-electron chi connectivity index (χ1n) is 3.76. The molecule has 0 aliphatic heterocycles. The van der Waals surface area contributed by atoms with E-state index in [4.69, 9.17) is 4.74 Å². The van der Waals surface area contributed by atoms with Gasteiger partial charge >= 0.3 is 0 Å². The molecule has 0 aromatic heterocycles. The Morgan fingerprint density at radius 2 is 1.90 bits per heavy atom. The van der Waals surface area contributed by atoms with Crippen LogP contribution in [-0.2, 0) is 4.74 Å². The Bertz CT molecular complexity index is 81.7. The maximum Gasteiger partial charge on any atom is 0.0613 e. The topological polar surface area (TPSA) is 29.5 Å². The van der Waals surface area contributed by atoms with Crippen LogP contribution >= 0.6 is 0 Å². The van der Waals surface area contributed by atoms with Crippen molar-refractivity contribution in [1.29, 1.82) is 0 Å². The standard InChI is InChI=1S/C8H18O2/c1-7(2)10-6-5-8(3,4)9/h7,9H,5-6H2,1-4H3. The summed E-state index contributed by atoms with van der Waals surface area (Å²) in [6, 6.07) is 0. The predicted molar refractivity (Wildman–Crippen MR) is 42.0 cm³/mol. The zero-order valence-electron chi connectivity index (χ0n) is 7.35. The molecule has 0 unspecified atom stereocenters. The number of hydrogen-bond donors (Lipinski definition) is 1. The van der Waals surface area contributed by atoms with E-state index in [-0.39, 0.29) is 6.10 Å². The quantitative estimate of drug-likeness (QED) is 0.652. The third-order valence-electron chi connectivity index (χ3n) is 1.17. The summed E-state index contributed by atoms with van der Waals surface area (Å²) in [5, 5.41) is 9.25. The second kappa shape index (κ2) is 3.94. The molecule has 0 fully saturated rings. The fourth-order valence-corrected chi connectivity index (χ4v) is 0.544. The Morgan fingerprint density at radius 1 is 1.40 bits per heavy atom. The summed E-state index contributed by atoms with van der Waals surface area (Å²) in [6.07, 6.45) is 0.966. The normalized spacial score (nSPS) is 12.6. The molecule has 62 valence electrons. The van der Waals surface area contributed by atoms with Crippen molar-refractivity contribution in [3.63, 3.8) is 0 Å². The van der Waals surface area contributed by atoms with Gasteiger partial charge in [0.15, 0.2) is 0 Å². The van der Waals surface area contributed by atoms with E-state index in [0.29, 0.717) is 13.0 Å². The molecule has 0 saturated carbocycles. The third-order valence-corrected chi connectivity index (χ3v) is 1.17. The highest BCUT2D eigenvalue weighted by Gasteiger charge is 2.11. The SMILES string of the molecule is CC(C)OCCC(C)(C)O. The van der Waals surface area contributed by atoms with Crippen LogP contribution in [0.2, 0.25) is 0 Å². The summed E-state index contributed by atoms with van der Waals surface area (Å²) in [7, 11) is 0. The largest absolute Gasteiger partial charge is 0.390 e. The second-order valence-electron chi connectivity index (χ2n) is 3.48. The molecule has 0 spiro atoms. The molecule has 0 amide bonds. The minimum Gasteiger partial charge on any atom is -0.390 e. The Balaban J connectivity index is 3.21. The molecule has 0 aromatic carbocycles. The van der Waals surface area contributed by atoms with Crippen LogP contribution in [0.4, 0.5) is 0 Å². The van der Waals surface area contributed by atoms with E-state index in [1.807, 2.05) is 13.8 Å². The average Bonchev–Trinajstić information content (AvgIpc) is 1.59. The van der Waals surface area contributed by atoms with Gasteiger partial charge < -0.3 is 9.84 Å². The summed E-state index contributed by atoms with van der Waals surface area (Å²) in [4.78, 5) is 0. The molecular formula is C8H18O2. The zero-order valence-corrected chi connectivity index (χ0v) is 7.35. The van der Waals surface area contributed by atoms with E-state index in [9.17, 15) is 5.11 Å². The van der Waals surface area contributed by atoms with Gasteiger partial charge in [0.1, 0.15) is 0 Å². The van der Waals surface area contributed by atoms with Crippen molar-refractivity contribution >= 4 is 0 Å². The molecule has 2 nitrogen and oxygen atoms in total. The Hall–Kier alpha value is -0.0800. The van der Waals surface area contributed by atoms with Crippen LogP contribution in [0.1, 0.15) is 34.1 Å². The molecule has 0 saturated heterocycles. The number of aliphatic hydroxyl groups is 1. The lowest BCUT2D eigenvalue weighted by Crippen LogP contribution is -2.21. The number of rotatable bonds is 4. The molecule has 0 radical (unpaired) electrons. The maximum atomic E-state index is 9.25. The lowest BCUT2D eigenvalue weighted by Gasteiger charge is -2.17. The van der Waals surface area contributed by atoms with E-state index >= 15 is 0 Å². The van der Waals surface area contributed by atoms with E-state index in [2.05, 4.69) is 0 Å². The molecule has 2 heteroatoms. The van der Waals surface area contributed by atoms with Crippen LogP contribution in [0, 0.1) is 0 Å². The minimum atomic E-state index is -0.588.